The van der Waals surface area contributed by atoms with Crippen LogP contribution < -0.4 is 16.4 Å². The van der Waals surface area contributed by atoms with Crippen LogP contribution >= 0.6 is 0 Å². The minimum absolute atomic E-state index is 0.0241. The Morgan fingerprint density at radius 2 is 1.72 bits per heavy atom. The van der Waals surface area contributed by atoms with Crippen molar-refractivity contribution in [1.29, 1.82) is 0 Å². The van der Waals surface area contributed by atoms with Crippen molar-refractivity contribution in [3.63, 3.8) is 0 Å². The molecule has 1 aromatic heterocycles. The molecule has 2 unspecified atom stereocenters. The summed E-state index contributed by atoms with van der Waals surface area (Å²) in [5.74, 6) is -0.889. The van der Waals surface area contributed by atoms with Crippen molar-refractivity contribution in [2.75, 3.05) is 7.05 Å². The van der Waals surface area contributed by atoms with E-state index in [1.165, 1.54) is 17.6 Å². The molecule has 1 aliphatic rings. The summed E-state index contributed by atoms with van der Waals surface area (Å²) in [6.45, 7) is 7.28. The minimum Gasteiger partial charge on any atom is -0.393 e. The van der Waals surface area contributed by atoms with Gasteiger partial charge in [-0.05, 0) is 37.7 Å². The molecule has 256 valence electrons. The van der Waals surface area contributed by atoms with Crippen molar-refractivity contribution in [2.24, 2.45) is 17.6 Å². The monoisotopic (exact) mass is 640 g/mol. The number of carbonyl (C=O) groups excluding carboxylic acids is 3. The summed E-state index contributed by atoms with van der Waals surface area (Å²) < 4.78 is 0. The zero-order valence-corrected chi connectivity index (χ0v) is 28.2. The fourth-order valence-electron chi connectivity index (χ4n) is 6.18. The third kappa shape index (κ3) is 12.1. The van der Waals surface area contributed by atoms with Gasteiger partial charge in [0.15, 0.2) is 0 Å². The molecule has 3 amide bonds. The number of aromatic amines is 1. The number of H-pyrrole nitrogens is 1. The van der Waals surface area contributed by atoms with Gasteiger partial charge in [-0.1, -0.05) is 76.3 Å². The molecule has 1 aromatic carbocycles. The molecule has 0 bridgehead atoms. The number of nitrogens with one attached hydrogen (secondary N) is 3. The summed E-state index contributed by atoms with van der Waals surface area (Å²) in [5.41, 5.74) is 6.84. The first kappa shape index (κ1) is 37.2. The van der Waals surface area contributed by atoms with E-state index >= 15 is 0 Å². The van der Waals surface area contributed by atoms with E-state index in [0.717, 1.165) is 31.2 Å². The highest BCUT2D eigenvalue weighted by Gasteiger charge is 2.36. The van der Waals surface area contributed by atoms with Gasteiger partial charge in [-0.2, -0.15) is 0 Å². The smallest absolute Gasteiger partial charge is 0.245 e. The Bertz CT molecular complexity index is 1210. The molecule has 1 aliphatic carbocycles. The molecule has 11 heteroatoms. The van der Waals surface area contributed by atoms with E-state index in [-0.39, 0.29) is 37.5 Å². The lowest BCUT2D eigenvalue weighted by atomic mass is 9.82. The van der Waals surface area contributed by atoms with E-state index in [0.29, 0.717) is 18.0 Å². The number of hydrogen-bond donors (Lipinski definition) is 6. The predicted octanol–water partition coefficient (Wildman–Crippen LogP) is 2.86. The molecular formula is C35H56N6O5. The Morgan fingerprint density at radius 3 is 2.30 bits per heavy atom. The van der Waals surface area contributed by atoms with E-state index < -0.39 is 47.7 Å². The third-order valence-corrected chi connectivity index (χ3v) is 8.97. The molecule has 11 nitrogen and oxygen atoms in total. The van der Waals surface area contributed by atoms with Gasteiger partial charge < -0.3 is 36.5 Å². The number of rotatable bonds is 17. The lowest BCUT2D eigenvalue weighted by Gasteiger charge is -2.35. The average Bonchev–Trinajstić information content (AvgIpc) is 3.52. The van der Waals surface area contributed by atoms with Gasteiger partial charge in [-0.3, -0.25) is 14.4 Å². The topological polar surface area (TPSA) is 174 Å². The van der Waals surface area contributed by atoms with Crippen LogP contribution in [-0.4, -0.2) is 85.7 Å². The second-order valence-electron chi connectivity index (χ2n) is 14.2. The number of aromatic nitrogens is 2. The van der Waals surface area contributed by atoms with Gasteiger partial charge in [0.1, 0.15) is 12.1 Å². The van der Waals surface area contributed by atoms with Crippen molar-refractivity contribution in [2.45, 2.75) is 128 Å². The second-order valence-corrected chi connectivity index (χ2v) is 14.2. The number of likely N-dealkylation sites (N-methyl/N-ethyl adjacent to an activating group) is 1. The van der Waals surface area contributed by atoms with Crippen LogP contribution in [0.3, 0.4) is 0 Å². The SMILES string of the molecule is CC(C)C(O)CC(O)[C@H](CC1CCCCC1)NC(=O)[C@H](Cc1cnc[nH]1)N(C)C(=O)[C@H](Cc1ccccc1)NC(=O)CC(C)(C)N. The van der Waals surface area contributed by atoms with Crippen molar-refractivity contribution < 1.29 is 24.6 Å². The van der Waals surface area contributed by atoms with Gasteiger partial charge in [-0.15, -0.1) is 0 Å². The highest BCUT2D eigenvalue weighted by atomic mass is 16.3. The third-order valence-electron chi connectivity index (χ3n) is 8.97. The van der Waals surface area contributed by atoms with Gasteiger partial charge in [0.2, 0.25) is 17.7 Å². The molecular weight excluding hydrogens is 584 g/mol. The Balaban J connectivity index is 1.88. The van der Waals surface area contributed by atoms with E-state index in [9.17, 15) is 24.6 Å². The maximum Gasteiger partial charge on any atom is 0.245 e. The van der Waals surface area contributed by atoms with Gasteiger partial charge >= 0.3 is 0 Å². The van der Waals surface area contributed by atoms with Crippen molar-refractivity contribution in [3.8, 4) is 0 Å². The fourth-order valence-corrected chi connectivity index (χ4v) is 6.18. The Morgan fingerprint density at radius 1 is 1.04 bits per heavy atom. The molecule has 5 atom stereocenters. The van der Waals surface area contributed by atoms with Gasteiger partial charge in [0.05, 0.1) is 24.6 Å². The number of aliphatic hydroxyl groups excluding tert-OH is 2. The summed E-state index contributed by atoms with van der Waals surface area (Å²) in [4.78, 5) is 49.8. The van der Waals surface area contributed by atoms with E-state index in [4.69, 9.17) is 5.73 Å². The molecule has 0 radical (unpaired) electrons. The molecule has 0 spiro atoms. The number of amides is 3. The van der Waals surface area contributed by atoms with Crippen molar-refractivity contribution in [3.05, 3.63) is 54.1 Å². The lowest BCUT2D eigenvalue weighted by molar-refractivity contribution is -0.142. The maximum atomic E-state index is 14.2. The number of imidazole rings is 1. The average molecular weight is 641 g/mol. The number of hydrogen-bond acceptors (Lipinski definition) is 7. The van der Waals surface area contributed by atoms with Crippen LogP contribution in [-0.2, 0) is 27.2 Å². The first-order chi connectivity index (χ1) is 21.7. The van der Waals surface area contributed by atoms with E-state index in [1.807, 2.05) is 44.2 Å². The zero-order valence-electron chi connectivity index (χ0n) is 28.2. The molecule has 1 heterocycles. The molecule has 0 aliphatic heterocycles. The van der Waals surface area contributed by atoms with Gasteiger partial charge in [0.25, 0.3) is 0 Å². The molecule has 0 saturated heterocycles. The predicted molar refractivity (Wildman–Crippen MR) is 178 cm³/mol. The van der Waals surface area contributed by atoms with Gasteiger partial charge in [-0.25, -0.2) is 4.98 Å². The first-order valence-electron chi connectivity index (χ1n) is 16.8. The fraction of sp³-hybridized carbons (Fsp3) is 0.657. The standard InChI is InChI=1S/C35H56N6O5/c1-23(2)30(42)19-31(43)27(16-24-12-8-6-9-13-24)40-33(45)29(18-26-21-37-22-38-26)41(5)34(46)28(17-25-14-10-7-11-15-25)39-32(44)20-35(3,4)36/h7,10-11,14-15,21-24,27-31,42-43H,6,8-9,12-13,16-20,36H2,1-5H3,(H,37,38)(H,39,44)(H,40,45)/t27-,28-,29-,30?,31?/m0/s1. The zero-order chi connectivity index (χ0) is 33.9. The van der Waals surface area contributed by atoms with E-state index in [2.05, 4.69) is 20.6 Å². The molecule has 2 aromatic rings. The van der Waals surface area contributed by atoms with Crippen LogP contribution in [0.2, 0.25) is 0 Å². The number of aliphatic hydroxyl groups is 2. The summed E-state index contributed by atoms with van der Waals surface area (Å²) in [5, 5.41) is 27.8. The summed E-state index contributed by atoms with van der Waals surface area (Å²) in [6.07, 6.45) is 8.06. The largest absolute Gasteiger partial charge is 0.393 e. The van der Waals surface area contributed by atoms with Crippen LogP contribution in [0.25, 0.3) is 0 Å². The Kier molecular flexibility index (Phi) is 14.2. The summed E-state index contributed by atoms with van der Waals surface area (Å²) in [7, 11) is 1.56. The minimum atomic E-state index is -0.967. The second kappa shape index (κ2) is 17.6. The van der Waals surface area contributed by atoms with Crippen LogP contribution in [0.1, 0.15) is 90.3 Å². The number of carbonyl (C=O) groups is 3. The maximum absolute atomic E-state index is 14.2. The van der Waals surface area contributed by atoms with Gasteiger partial charge in [0, 0.05) is 50.2 Å². The Labute approximate surface area is 274 Å². The van der Waals surface area contributed by atoms with Crippen LogP contribution in [0.4, 0.5) is 0 Å². The van der Waals surface area contributed by atoms with Crippen LogP contribution in [0.5, 0.6) is 0 Å². The van der Waals surface area contributed by atoms with Crippen LogP contribution in [0.15, 0.2) is 42.9 Å². The molecule has 1 fully saturated rings. The molecule has 46 heavy (non-hydrogen) atoms. The van der Waals surface area contributed by atoms with E-state index in [1.54, 1.807) is 27.1 Å². The molecule has 7 N–H and O–H groups in total. The first-order valence-corrected chi connectivity index (χ1v) is 16.8. The Hall–Kier alpha value is -3.28. The number of nitrogens with zero attached hydrogens (tertiary/aromatic N) is 2. The highest BCUT2D eigenvalue weighted by Crippen LogP contribution is 2.29. The number of benzene rings is 1. The highest BCUT2D eigenvalue weighted by molar-refractivity contribution is 5.92. The lowest BCUT2D eigenvalue weighted by Crippen LogP contribution is -2.58. The molecule has 1 saturated carbocycles. The normalized spacial score (nSPS) is 17.5. The molecule has 3 rings (SSSR count). The summed E-state index contributed by atoms with van der Waals surface area (Å²) in [6, 6.07) is 6.89. The van der Waals surface area contributed by atoms with Crippen LogP contribution in [0, 0.1) is 11.8 Å². The number of nitrogens with two attached hydrogens (primary N) is 1. The van der Waals surface area contributed by atoms with Crippen molar-refractivity contribution in [1.82, 2.24) is 25.5 Å². The quantitative estimate of drug-likeness (QED) is 0.154. The summed E-state index contributed by atoms with van der Waals surface area (Å²) >= 11 is 0. The van der Waals surface area contributed by atoms with Crippen molar-refractivity contribution >= 4 is 17.7 Å².